The second kappa shape index (κ2) is 15.1. The van der Waals surface area contributed by atoms with Gasteiger partial charge in [-0.1, -0.05) is 107 Å². The van der Waals surface area contributed by atoms with Gasteiger partial charge in [0.05, 0.1) is 58.0 Å². The van der Waals surface area contributed by atoms with Crippen molar-refractivity contribution in [2.24, 2.45) is 0 Å². The minimum atomic E-state index is 0.376. The lowest BCUT2D eigenvalue weighted by molar-refractivity contribution is 0.573. The molecule has 52 heavy (non-hydrogen) atoms. The van der Waals surface area contributed by atoms with Crippen LogP contribution in [0.4, 0.5) is 0 Å². The van der Waals surface area contributed by atoms with Gasteiger partial charge in [0.1, 0.15) is 10.1 Å². The van der Waals surface area contributed by atoms with E-state index in [9.17, 15) is 0 Å². The number of halogens is 4. The van der Waals surface area contributed by atoms with E-state index in [4.69, 9.17) is 66.8 Å². The standard InChI is InChI=1S/C34H22Cl4N12S2/c35-23-11-13-27(37)29(15-23)49-33(25(17-39-49)31-41-45-47(43-31)19-21-7-3-1-4-8-21)51-52-34-26(18-40-50(34)30-16-24(36)12-14-28(30)38)32-42-46-48(44-32)20-22-9-5-2-6-10-22/h1-18H,19-20H2. The van der Waals surface area contributed by atoms with Crippen molar-refractivity contribution in [3.05, 3.63) is 141 Å². The van der Waals surface area contributed by atoms with Crippen molar-refractivity contribution in [2.45, 2.75) is 23.1 Å². The fourth-order valence-corrected chi connectivity index (χ4v) is 8.41. The van der Waals surface area contributed by atoms with Gasteiger partial charge < -0.3 is 0 Å². The van der Waals surface area contributed by atoms with Crippen molar-refractivity contribution in [2.75, 3.05) is 0 Å². The minimum Gasteiger partial charge on any atom is -0.224 e. The molecule has 0 aliphatic heterocycles. The Hall–Kier alpha value is -4.70. The fraction of sp³-hybridized carbons (Fsp3) is 0.0588. The predicted molar refractivity (Wildman–Crippen MR) is 204 cm³/mol. The van der Waals surface area contributed by atoms with Crippen LogP contribution in [0.5, 0.6) is 0 Å². The monoisotopic (exact) mass is 802 g/mol. The third kappa shape index (κ3) is 7.31. The fourth-order valence-electron chi connectivity index (χ4n) is 5.19. The van der Waals surface area contributed by atoms with Gasteiger partial charge in [0.15, 0.2) is 0 Å². The molecule has 0 radical (unpaired) electrons. The highest BCUT2D eigenvalue weighted by molar-refractivity contribution is 8.76. The van der Waals surface area contributed by atoms with Crippen LogP contribution in [0.25, 0.3) is 34.2 Å². The van der Waals surface area contributed by atoms with Crippen LogP contribution in [0.2, 0.25) is 20.1 Å². The Morgan fingerprint density at radius 1 is 0.519 bits per heavy atom. The van der Waals surface area contributed by atoms with Gasteiger partial charge in [-0.2, -0.15) is 19.8 Å². The van der Waals surface area contributed by atoms with Gasteiger partial charge >= 0.3 is 0 Å². The smallest absolute Gasteiger partial charge is 0.209 e. The maximum absolute atomic E-state index is 6.70. The first-order chi connectivity index (χ1) is 25.4. The Morgan fingerprint density at radius 3 is 1.37 bits per heavy atom. The molecule has 0 atom stereocenters. The molecule has 12 nitrogen and oxygen atoms in total. The number of hydrogen-bond donors (Lipinski definition) is 0. The zero-order chi connectivity index (χ0) is 35.6. The van der Waals surface area contributed by atoms with Crippen LogP contribution >= 0.6 is 68.0 Å². The zero-order valence-corrected chi connectivity index (χ0v) is 31.2. The highest BCUT2D eigenvalue weighted by atomic mass is 35.5. The number of tetrazole rings is 2. The van der Waals surface area contributed by atoms with E-state index in [-0.39, 0.29) is 0 Å². The molecule has 0 saturated heterocycles. The Morgan fingerprint density at radius 2 is 0.942 bits per heavy atom. The number of nitrogens with zero attached hydrogens (tertiary/aromatic N) is 12. The third-order valence-electron chi connectivity index (χ3n) is 7.64. The lowest BCUT2D eigenvalue weighted by atomic mass is 10.2. The first-order valence-corrected chi connectivity index (χ1v) is 19.1. The molecule has 4 heterocycles. The molecule has 4 aromatic carbocycles. The molecule has 4 aromatic heterocycles. The summed E-state index contributed by atoms with van der Waals surface area (Å²) >= 11 is 26.3. The van der Waals surface area contributed by atoms with E-state index in [2.05, 4.69) is 20.6 Å². The van der Waals surface area contributed by atoms with E-state index in [0.29, 0.717) is 77.4 Å². The van der Waals surface area contributed by atoms with Crippen LogP contribution in [0.1, 0.15) is 11.1 Å². The number of aromatic nitrogens is 12. The summed E-state index contributed by atoms with van der Waals surface area (Å²) in [5.74, 6) is 0.751. The van der Waals surface area contributed by atoms with Crippen molar-refractivity contribution >= 4 is 68.0 Å². The second-order valence-electron chi connectivity index (χ2n) is 11.2. The maximum Gasteiger partial charge on any atom is 0.209 e. The van der Waals surface area contributed by atoms with E-state index in [1.54, 1.807) is 58.2 Å². The maximum atomic E-state index is 6.70. The highest BCUT2D eigenvalue weighted by Crippen LogP contribution is 2.47. The molecule has 0 aliphatic carbocycles. The van der Waals surface area contributed by atoms with E-state index in [0.717, 1.165) is 11.1 Å². The Balaban J connectivity index is 1.20. The van der Waals surface area contributed by atoms with Crippen molar-refractivity contribution in [1.29, 1.82) is 0 Å². The lowest BCUT2D eigenvalue weighted by Crippen LogP contribution is -2.04. The van der Waals surface area contributed by atoms with Crippen LogP contribution in [0.15, 0.2) is 120 Å². The average molecular weight is 805 g/mol. The minimum absolute atomic E-state index is 0.376. The summed E-state index contributed by atoms with van der Waals surface area (Å²) in [5.41, 5.74) is 4.44. The molecule has 0 fully saturated rings. The molecule has 0 bridgehead atoms. The Bertz CT molecular complexity index is 2330. The van der Waals surface area contributed by atoms with Crippen LogP contribution in [-0.2, 0) is 13.1 Å². The Kier molecular flexibility index (Phi) is 9.99. The predicted octanol–water partition coefficient (Wildman–Crippen LogP) is 8.87. The molecular formula is C34H22Cl4N12S2. The third-order valence-corrected chi connectivity index (χ3v) is 11.1. The summed E-state index contributed by atoms with van der Waals surface area (Å²) in [6.07, 6.45) is 3.35. The summed E-state index contributed by atoms with van der Waals surface area (Å²) in [6.45, 7) is 0.889. The van der Waals surface area contributed by atoms with Crippen molar-refractivity contribution < 1.29 is 0 Å². The van der Waals surface area contributed by atoms with Gasteiger partial charge in [-0.05, 0) is 79.5 Å². The molecular weight excluding hydrogens is 782 g/mol. The van der Waals surface area contributed by atoms with Crippen LogP contribution < -0.4 is 0 Å². The van der Waals surface area contributed by atoms with E-state index < -0.39 is 0 Å². The molecule has 258 valence electrons. The first-order valence-electron chi connectivity index (χ1n) is 15.5. The van der Waals surface area contributed by atoms with Crippen molar-refractivity contribution in [1.82, 2.24) is 60.0 Å². The van der Waals surface area contributed by atoms with Gasteiger partial charge in [-0.3, -0.25) is 0 Å². The van der Waals surface area contributed by atoms with Gasteiger partial charge in [0.2, 0.25) is 11.6 Å². The van der Waals surface area contributed by atoms with Gasteiger partial charge in [0, 0.05) is 10.0 Å². The number of rotatable bonds is 11. The molecule has 0 amide bonds. The summed E-state index contributed by atoms with van der Waals surface area (Å²) in [5, 5.41) is 39.4. The van der Waals surface area contributed by atoms with Crippen LogP contribution in [-0.4, -0.2) is 60.0 Å². The lowest BCUT2D eigenvalue weighted by Gasteiger charge is -2.12. The quantitative estimate of drug-likeness (QED) is 0.117. The van der Waals surface area contributed by atoms with Crippen LogP contribution in [0.3, 0.4) is 0 Å². The molecule has 18 heteroatoms. The highest BCUT2D eigenvalue weighted by Gasteiger charge is 2.25. The molecule has 8 rings (SSSR count). The number of hydrogen-bond acceptors (Lipinski definition) is 10. The van der Waals surface area contributed by atoms with E-state index in [1.807, 2.05) is 60.7 Å². The molecule has 0 N–H and O–H groups in total. The van der Waals surface area contributed by atoms with Gasteiger partial charge in [-0.25, -0.2) is 9.36 Å². The summed E-state index contributed by atoms with van der Waals surface area (Å²) in [7, 11) is 2.74. The van der Waals surface area contributed by atoms with Gasteiger partial charge in [0.25, 0.3) is 0 Å². The van der Waals surface area contributed by atoms with Crippen molar-refractivity contribution in [3.8, 4) is 34.2 Å². The Labute approximate surface area is 324 Å². The van der Waals surface area contributed by atoms with Crippen molar-refractivity contribution in [3.63, 3.8) is 0 Å². The largest absolute Gasteiger partial charge is 0.224 e. The van der Waals surface area contributed by atoms with E-state index >= 15 is 0 Å². The topological polar surface area (TPSA) is 123 Å². The average Bonchev–Trinajstić information content (AvgIpc) is 3.97. The first kappa shape index (κ1) is 34.4. The molecule has 0 unspecified atom stereocenters. The van der Waals surface area contributed by atoms with E-state index in [1.165, 1.54) is 31.2 Å². The second-order valence-corrected chi connectivity index (χ2v) is 15.0. The number of benzene rings is 4. The SMILES string of the molecule is Clc1ccc(Cl)c(-n2ncc(-c3nnn(Cc4ccccc4)n3)c2SSc2c(-c3nnn(Cc4ccccc4)n3)cnn2-c2cc(Cl)ccc2Cl)c1. The summed E-state index contributed by atoms with van der Waals surface area (Å²) < 4.78 is 3.39. The zero-order valence-electron chi connectivity index (χ0n) is 26.5. The summed E-state index contributed by atoms with van der Waals surface area (Å²) in [6, 6.07) is 30.1. The molecule has 0 saturated carbocycles. The van der Waals surface area contributed by atoms with Gasteiger partial charge in [-0.15, -0.1) is 20.4 Å². The van der Waals surface area contributed by atoms with Crippen LogP contribution in [0, 0.1) is 0 Å². The summed E-state index contributed by atoms with van der Waals surface area (Å²) in [4.78, 5) is 3.07. The molecule has 0 spiro atoms. The molecule has 8 aromatic rings. The molecule has 0 aliphatic rings. The normalized spacial score (nSPS) is 11.4.